The molecule has 1 aromatic carbocycles. The third kappa shape index (κ3) is 4.19. The van der Waals surface area contributed by atoms with Crippen LogP contribution in [0.5, 0.6) is 5.75 Å². The summed E-state index contributed by atoms with van der Waals surface area (Å²) in [5, 5.41) is 3.42. The molecule has 0 aliphatic heterocycles. The molecule has 1 N–H and O–H groups in total. The van der Waals surface area contributed by atoms with Crippen molar-refractivity contribution in [3.63, 3.8) is 0 Å². The average molecular weight is 309 g/mol. The standard InChI is InChI=1S/C11H7F3N2OS.ClH/c1-2-5-15-10-16-8-4-3-7(6-9(8)18-10)17-11(12,13)14;/h1,3-4,6H,5H2,(H,15,16);1H. The Labute approximate surface area is 117 Å². The number of hydrogen-bond acceptors (Lipinski definition) is 4. The van der Waals surface area contributed by atoms with Gasteiger partial charge in [0.05, 0.1) is 16.8 Å². The minimum Gasteiger partial charge on any atom is -0.406 e. The fraction of sp³-hybridized carbons (Fsp3) is 0.182. The Bertz CT molecular complexity index is 606. The second-order valence-corrected chi connectivity index (χ2v) is 4.28. The van der Waals surface area contributed by atoms with Gasteiger partial charge in [0.1, 0.15) is 5.75 Å². The Balaban J connectivity index is 0.00000180. The van der Waals surface area contributed by atoms with Crippen molar-refractivity contribution in [1.29, 1.82) is 0 Å². The van der Waals surface area contributed by atoms with Crippen LogP contribution in [0.4, 0.5) is 18.3 Å². The van der Waals surface area contributed by atoms with Gasteiger partial charge in [0, 0.05) is 6.07 Å². The number of rotatable bonds is 3. The summed E-state index contributed by atoms with van der Waals surface area (Å²) in [5.41, 5.74) is 0.592. The van der Waals surface area contributed by atoms with Gasteiger partial charge in [-0.3, -0.25) is 0 Å². The molecule has 1 aromatic heterocycles. The highest BCUT2D eigenvalue weighted by molar-refractivity contribution is 7.22. The van der Waals surface area contributed by atoms with Crippen LogP contribution in [-0.2, 0) is 0 Å². The molecule has 0 radical (unpaired) electrons. The Morgan fingerprint density at radius 3 is 2.79 bits per heavy atom. The lowest BCUT2D eigenvalue weighted by molar-refractivity contribution is -0.274. The number of hydrogen-bond donors (Lipinski definition) is 1. The number of aromatic nitrogens is 1. The normalized spacial score (nSPS) is 10.6. The summed E-state index contributed by atoms with van der Waals surface area (Å²) in [4.78, 5) is 4.16. The van der Waals surface area contributed by atoms with E-state index in [0.717, 1.165) is 0 Å². The molecule has 1 heterocycles. The van der Waals surface area contributed by atoms with Gasteiger partial charge >= 0.3 is 6.36 Å². The number of alkyl halides is 3. The van der Waals surface area contributed by atoms with Crippen LogP contribution in [-0.4, -0.2) is 17.9 Å². The molecule has 0 atom stereocenters. The first-order valence-electron chi connectivity index (χ1n) is 4.81. The second kappa shape index (κ2) is 5.99. The van der Waals surface area contributed by atoms with Crippen molar-refractivity contribution in [2.45, 2.75) is 6.36 Å². The third-order valence-electron chi connectivity index (χ3n) is 1.94. The molecule has 0 saturated carbocycles. The first kappa shape index (κ1) is 15.4. The number of thiazole rings is 1. The fourth-order valence-corrected chi connectivity index (χ4v) is 2.19. The maximum Gasteiger partial charge on any atom is 0.573 e. The first-order chi connectivity index (χ1) is 8.48. The summed E-state index contributed by atoms with van der Waals surface area (Å²) in [7, 11) is 0. The number of benzene rings is 1. The zero-order valence-corrected chi connectivity index (χ0v) is 11.0. The third-order valence-corrected chi connectivity index (χ3v) is 2.91. The van der Waals surface area contributed by atoms with E-state index in [1.165, 1.54) is 29.5 Å². The topological polar surface area (TPSA) is 34.2 Å². The van der Waals surface area contributed by atoms with E-state index in [-0.39, 0.29) is 18.2 Å². The molecule has 102 valence electrons. The van der Waals surface area contributed by atoms with Crippen molar-refractivity contribution in [2.24, 2.45) is 0 Å². The van der Waals surface area contributed by atoms with Gasteiger partial charge < -0.3 is 10.1 Å². The molecule has 2 aromatic rings. The Morgan fingerprint density at radius 2 is 2.16 bits per heavy atom. The average Bonchev–Trinajstić information content (AvgIpc) is 2.66. The number of anilines is 1. The number of nitrogens with zero attached hydrogens (tertiary/aromatic N) is 1. The molecule has 0 unspecified atom stereocenters. The fourth-order valence-electron chi connectivity index (χ4n) is 1.30. The molecular weight excluding hydrogens is 301 g/mol. The summed E-state index contributed by atoms with van der Waals surface area (Å²) in [6.07, 6.45) is 0.392. The van der Waals surface area contributed by atoms with E-state index < -0.39 is 6.36 Å². The van der Waals surface area contributed by atoms with Crippen molar-refractivity contribution < 1.29 is 17.9 Å². The van der Waals surface area contributed by atoms with Crippen LogP contribution in [0.3, 0.4) is 0 Å². The van der Waals surface area contributed by atoms with E-state index in [2.05, 4.69) is 21.0 Å². The van der Waals surface area contributed by atoms with Gasteiger partial charge in [-0.25, -0.2) is 4.98 Å². The van der Waals surface area contributed by atoms with E-state index in [1.807, 2.05) is 0 Å². The van der Waals surface area contributed by atoms with E-state index in [0.29, 0.717) is 21.9 Å². The summed E-state index contributed by atoms with van der Waals surface area (Å²) >= 11 is 1.21. The van der Waals surface area contributed by atoms with Gasteiger partial charge in [-0.2, -0.15) is 0 Å². The molecule has 0 aliphatic carbocycles. The van der Waals surface area contributed by atoms with Gasteiger partial charge in [-0.1, -0.05) is 17.3 Å². The predicted molar refractivity (Wildman–Crippen MR) is 70.9 cm³/mol. The van der Waals surface area contributed by atoms with Crippen LogP contribution in [0, 0.1) is 12.3 Å². The van der Waals surface area contributed by atoms with E-state index in [4.69, 9.17) is 6.42 Å². The molecule has 2 rings (SSSR count). The Morgan fingerprint density at radius 1 is 1.42 bits per heavy atom. The second-order valence-electron chi connectivity index (χ2n) is 3.25. The van der Waals surface area contributed by atoms with Crippen LogP contribution >= 0.6 is 23.7 Å². The monoisotopic (exact) mass is 308 g/mol. The predicted octanol–water partition coefficient (Wildman–Crippen LogP) is 3.66. The first-order valence-corrected chi connectivity index (χ1v) is 5.63. The van der Waals surface area contributed by atoms with Gasteiger partial charge in [-0.05, 0) is 12.1 Å². The Hall–Kier alpha value is -1.65. The highest BCUT2D eigenvalue weighted by atomic mass is 35.5. The summed E-state index contributed by atoms with van der Waals surface area (Å²) in [6.45, 7) is 0.311. The molecular formula is C11H8ClF3N2OS. The van der Waals surface area contributed by atoms with Gasteiger partial charge in [0.15, 0.2) is 5.13 Å². The maximum absolute atomic E-state index is 12.0. The number of nitrogens with one attached hydrogen (secondary N) is 1. The summed E-state index contributed by atoms with van der Waals surface area (Å²) < 4.78 is 40.6. The number of ether oxygens (including phenoxy) is 1. The lowest BCUT2D eigenvalue weighted by atomic mass is 10.3. The summed E-state index contributed by atoms with van der Waals surface area (Å²) in [5.74, 6) is 2.12. The van der Waals surface area contributed by atoms with E-state index in [1.54, 1.807) is 0 Å². The minimum atomic E-state index is -4.69. The lowest BCUT2D eigenvalue weighted by Crippen LogP contribution is -2.16. The van der Waals surface area contributed by atoms with E-state index in [9.17, 15) is 13.2 Å². The van der Waals surface area contributed by atoms with Crippen LogP contribution in [0.25, 0.3) is 10.2 Å². The zero-order chi connectivity index (χ0) is 13.2. The van der Waals surface area contributed by atoms with Gasteiger partial charge in [-0.15, -0.1) is 32.0 Å². The molecule has 8 heteroatoms. The number of fused-ring (bicyclic) bond motifs is 1. The zero-order valence-electron chi connectivity index (χ0n) is 9.32. The molecule has 0 fully saturated rings. The number of halogens is 4. The van der Waals surface area contributed by atoms with Crippen molar-refractivity contribution in [1.82, 2.24) is 4.98 Å². The highest BCUT2D eigenvalue weighted by Crippen LogP contribution is 2.31. The van der Waals surface area contributed by atoms with Crippen molar-refractivity contribution >= 4 is 39.1 Å². The molecule has 3 nitrogen and oxygen atoms in total. The Kier molecular flexibility index (Phi) is 4.86. The van der Waals surface area contributed by atoms with E-state index >= 15 is 0 Å². The molecule has 0 saturated heterocycles. The summed E-state index contributed by atoms with van der Waals surface area (Å²) in [6, 6.07) is 3.98. The van der Waals surface area contributed by atoms with Crippen LogP contribution in [0.15, 0.2) is 18.2 Å². The van der Waals surface area contributed by atoms with Crippen LogP contribution < -0.4 is 10.1 Å². The molecule has 0 bridgehead atoms. The molecule has 0 amide bonds. The maximum atomic E-state index is 12.0. The minimum absolute atomic E-state index is 0. The number of terminal acetylenes is 1. The lowest BCUT2D eigenvalue weighted by Gasteiger charge is -2.07. The largest absolute Gasteiger partial charge is 0.573 e. The molecule has 19 heavy (non-hydrogen) atoms. The van der Waals surface area contributed by atoms with Gasteiger partial charge in [0.25, 0.3) is 0 Å². The smallest absolute Gasteiger partial charge is 0.406 e. The van der Waals surface area contributed by atoms with Crippen molar-refractivity contribution in [3.05, 3.63) is 18.2 Å². The van der Waals surface area contributed by atoms with Crippen LogP contribution in [0.2, 0.25) is 0 Å². The van der Waals surface area contributed by atoms with Crippen molar-refractivity contribution in [2.75, 3.05) is 11.9 Å². The highest BCUT2D eigenvalue weighted by Gasteiger charge is 2.31. The van der Waals surface area contributed by atoms with Crippen molar-refractivity contribution in [3.8, 4) is 18.1 Å². The quantitative estimate of drug-likeness (QED) is 0.879. The van der Waals surface area contributed by atoms with Crippen LogP contribution in [0.1, 0.15) is 0 Å². The van der Waals surface area contributed by atoms with Gasteiger partial charge in [0.2, 0.25) is 0 Å². The SMILES string of the molecule is C#CCNc1nc2ccc(OC(F)(F)F)cc2s1.Cl. The molecule has 0 spiro atoms. The molecule has 0 aliphatic rings.